The van der Waals surface area contributed by atoms with Crippen LogP contribution in [0.15, 0.2) is 18.2 Å². The molecule has 0 radical (unpaired) electrons. The molecular formula is C15H20O3. The smallest absolute Gasteiger partial charge is 0.306 e. The van der Waals surface area contributed by atoms with Gasteiger partial charge in [-0.25, -0.2) is 0 Å². The summed E-state index contributed by atoms with van der Waals surface area (Å²) < 4.78 is 0. The van der Waals surface area contributed by atoms with Crippen LogP contribution < -0.4 is 0 Å². The van der Waals surface area contributed by atoms with E-state index < -0.39 is 18.0 Å². The molecule has 0 aromatic heterocycles. The lowest BCUT2D eigenvalue weighted by Gasteiger charge is -2.22. The number of rotatable bonds is 3. The van der Waals surface area contributed by atoms with Crippen LogP contribution in [0.2, 0.25) is 0 Å². The molecule has 98 valence electrons. The van der Waals surface area contributed by atoms with E-state index in [0.29, 0.717) is 6.42 Å². The molecule has 0 bridgehead atoms. The van der Waals surface area contributed by atoms with Crippen molar-refractivity contribution in [2.45, 2.75) is 39.7 Å². The molecule has 1 aliphatic carbocycles. The van der Waals surface area contributed by atoms with Gasteiger partial charge in [-0.15, -0.1) is 0 Å². The van der Waals surface area contributed by atoms with Crippen LogP contribution in [0.4, 0.5) is 0 Å². The van der Waals surface area contributed by atoms with E-state index in [4.69, 9.17) is 5.11 Å². The van der Waals surface area contributed by atoms with E-state index in [1.165, 1.54) is 0 Å². The third-order valence-corrected chi connectivity index (χ3v) is 3.92. The predicted octanol–water partition coefficient (Wildman–Crippen LogP) is 2.57. The third kappa shape index (κ3) is 2.15. The molecule has 0 fully saturated rings. The topological polar surface area (TPSA) is 57.5 Å². The van der Waals surface area contributed by atoms with Crippen LogP contribution in [-0.2, 0) is 17.6 Å². The number of aliphatic hydroxyl groups excluding tert-OH is 1. The third-order valence-electron chi connectivity index (χ3n) is 3.92. The summed E-state index contributed by atoms with van der Waals surface area (Å²) in [4.78, 5) is 10.9. The number of aliphatic hydroxyl groups is 1. The van der Waals surface area contributed by atoms with Gasteiger partial charge in [-0.05, 0) is 34.9 Å². The van der Waals surface area contributed by atoms with Gasteiger partial charge < -0.3 is 10.2 Å². The van der Waals surface area contributed by atoms with Crippen molar-refractivity contribution >= 4 is 5.97 Å². The normalized spacial score (nSPS) is 22.6. The van der Waals surface area contributed by atoms with Gasteiger partial charge in [0, 0.05) is 0 Å². The Balaban J connectivity index is 2.34. The fraction of sp³-hybridized carbons (Fsp3) is 0.533. The molecule has 2 unspecified atom stereocenters. The highest BCUT2D eigenvalue weighted by Crippen LogP contribution is 2.46. The van der Waals surface area contributed by atoms with Crippen molar-refractivity contribution in [3.63, 3.8) is 0 Å². The summed E-state index contributed by atoms with van der Waals surface area (Å²) in [5, 5.41) is 19.3. The zero-order chi connectivity index (χ0) is 13.5. The van der Waals surface area contributed by atoms with Gasteiger partial charge in [0.1, 0.15) is 0 Å². The molecule has 1 aromatic carbocycles. The second-order valence-corrected chi connectivity index (χ2v) is 6.00. The monoisotopic (exact) mass is 248 g/mol. The van der Waals surface area contributed by atoms with Crippen LogP contribution in [0.5, 0.6) is 0 Å². The number of carbonyl (C=O) groups is 1. The maximum Gasteiger partial charge on any atom is 0.306 e. The van der Waals surface area contributed by atoms with Crippen LogP contribution in [0, 0.1) is 11.3 Å². The van der Waals surface area contributed by atoms with Gasteiger partial charge in [0.15, 0.2) is 0 Å². The Morgan fingerprint density at radius 1 is 1.50 bits per heavy atom. The molecule has 0 heterocycles. The SMILES string of the molecule is CC(Cc1cccc2c1CC(C)(C)C2O)C(=O)O. The maximum absolute atomic E-state index is 10.9. The minimum atomic E-state index is -0.773. The molecule has 2 N–H and O–H groups in total. The number of hydrogen-bond donors (Lipinski definition) is 2. The molecule has 0 saturated heterocycles. The van der Waals surface area contributed by atoms with Gasteiger partial charge in [0.2, 0.25) is 0 Å². The maximum atomic E-state index is 10.9. The summed E-state index contributed by atoms with van der Waals surface area (Å²) in [7, 11) is 0. The van der Waals surface area contributed by atoms with Gasteiger partial charge in [0.05, 0.1) is 12.0 Å². The number of fused-ring (bicyclic) bond motifs is 1. The molecule has 3 nitrogen and oxygen atoms in total. The molecule has 0 saturated carbocycles. The molecule has 0 aliphatic heterocycles. The van der Waals surface area contributed by atoms with Crippen molar-refractivity contribution in [1.29, 1.82) is 0 Å². The van der Waals surface area contributed by atoms with Crippen LogP contribution >= 0.6 is 0 Å². The van der Waals surface area contributed by atoms with Crippen molar-refractivity contribution in [2.75, 3.05) is 0 Å². The first-order valence-electron chi connectivity index (χ1n) is 6.34. The van der Waals surface area contributed by atoms with E-state index in [0.717, 1.165) is 23.1 Å². The summed E-state index contributed by atoms with van der Waals surface area (Å²) in [6.07, 6.45) is 0.889. The number of aliphatic carboxylic acids is 1. The Labute approximate surface area is 107 Å². The molecule has 2 rings (SSSR count). The van der Waals surface area contributed by atoms with Gasteiger partial charge in [0.25, 0.3) is 0 Å². The molecule has 18 heavy (non-hydrogen) atoms. The van der Waals surface area contributed by atoms with Crippen molar-refractivity contribution in [2.24, 2.45) is 11.3 Å². The molecule has 0 amide bonds. The summed E-state index contributed by atoms with van der Waals surface area (Å²) in [6, 6.07) is 5.84. The van der Waals surface area contributed by atoms with E-state index in [1.54, 1.807) is 6.92 Å². The summed E-state index contributed by atoms with van der Waals surface area (Å²) in [5.41, 5.74) is 3.01. The van der Waals surface area contributed by atoms with Crippen molar-refractivity contribution < 1.29 is 15.0 Å². The average molecular weight is 248 g/mol. The molecule has 1 aliphatic rings. The lowest BCUT2D eigenvalue weighted by Crippen LogP contribution is -2.17. The quantitative estimate of drug-likeness (QED) is 0.864. The Morgan fingerprint density at radius 3 is 2.78 bits per heavy atom. The van der Waals surface area contributed by atoms with E-state index in [9.17, 15) is 9.90 Å². The first-order chi connectivity index (χ1) is 8.33. The van der Waals surface area contributed by atoms with Gasteiger partial charge in [-0.2, -0.15) is 0 Å². The van der Waals surface area contributed by atoms with Crippen LogP contribution in [0.1, 0.15) is 43.6 Å². The summed E-state index contributed by atoms with van der Waals surface area (Å²) in [6.45, 7) is 5.81. The summed E-state index contributed by atoms with van der Waals surface area (Å²) in [5.74, 6) is -1.16. The molecule has 1 aromatic rings. The second kappa shape index (κ2) is 4.39. The van der Waals surface area contributed by atoms with Gasteiger partial charge in [-0.1, -0.05) is 39.0 Å². The van der Waals surface area contributed by atoms with E-state index in [2.05, 4.69) is 0 Å². The first-order valence-corrected chi connectivity index (χ1v) is 6.34. The molecular weight excluding hydrogens is 228 g/mol. The zero-order valence-corrected chi connectivity index (χ0v) is 11.1. The fourth-order valence-electron chi connectivity index (χ4n) is 2.71. The predicted molar refractivity (Wildman–Crippen MR) is 69.4 cm³/mol. The van der Waals surface area contributed by atoms with Crippen LogP contribution in [0.25, 0.3) is 0 Å². The lowest BCUT2D eigenvalue weighted by molar-refractivity contribution is -0.141. The van der Waals surface area contributed by atoms with Crippen molar-refractivity contribution in [3.8, 4) is 0 Å². The Bertz CT molecular complexity index is 477. The fourth-order valence-corrected chi connectivity index (χ4v) is 2.71. The van der Waals surface area contributed by atoms with Crippen molar-refractivity contribution in [1.82, 2.24) is 0 Å². The molecule has 3 heteroatoms. The van der Waals surface area contributed by atoms with E-state index >= 15 is 0 Å². The Hall–Kier alpha value is -1.35. The average Bonchev–Trinajstić information content (AvgIpc) is 2.52. The number of hydrogen-bond acceptors (Lipinski definition) is 2. The highest BCUT2D eigenvalue weighted by molar-refractivity contribution is 5.70. The van der Waals surface area contributed by atoms with E-state index in [-0.39, 0.29) is 5.41 Å². The lowest BCUT2D eigenvalue weighted by atomic mass is 9.87. The van der Waals surface area contributed by atoms with Crippen molar-refractivity contribution in [3.05, 3.63) is 34.9 Å². The largest absolute Gasteiger partial charge is 0.481 e. The number of benzene rings is 1. The molecule has 0 spiro atoms. The standard InChI is InChI=1S/C15H20O3/c1-9(14(17)18)7-10-5-4-6-11-12(10)8-15(2,3)13(11)16/h4-6,9,13,16H,7-8H2,1-3H3,(H,17,18). The Morgan fingerprint density at radius 2 is 2.17 bits per heavy atom. The highest BCUT2D eigenvalue weighted by atomic mass is 16.4. The van der Waals surface area contributed by atoms with E-state index in [1.807, 2.05) is 32.0 Å². The Kier molecular flexibility index (Phi) is 3.20. The van der Waals surface area contributed by atoms with Gasteiger partial charge in [-0.3, -0.25) is 4.79 Å². The highest BCUT2D eigenvalue weighted by Gasteiger charge is 2.38. The molecule has 2 atom stereocenters. The minimum Gasteiger partial charge on any atom is -0.481 e. The van der Waals surface area contributed by atoms with Crippen LogP contribution in [0.3, 0.4) is 0 Å². The number of carboxylic acid groups (broad SMARTS) is 1. The first kappa shape index (κ1) is 13.1. The zero-order valence-electron chi connectivity index (χ0n) is 11.1. The minimum absolute atomic E-state index is 0.162. The summed E-state index contributed by atoms with van der Waals surface area (Å²) >= 11 is 0. The number of carboxylic acids is 1. The second-order valence-electron chi connectivity index (χ2n) is 6.00. The van der Waals surface area contributed by atoms with Gasteiger partial charge >= 0.3 is 5.97 Å². The van der Waals surface area contributed by atoms with Crippen LogP contribution in [-0.4, -0.2) is 16.2 Å².